The van der Waals surface area contributed by atoms with E-state index >= 15 is 0 Å². The molecule has 0 aromatic rings. The van der Waals surface area contributed by atoms with Crippen molar-refractivity contribution < 1.29 is 0 Å². The highest BCUT2D eigenvalue weighted by Crippen LogP contribution is 2.35. The Morgan fingerprint density at radius 1 is 0.944 bits per heavy atom. The predicted octanol–water partition coefficient (Wildman–Crippen LogP) is 6.59. The quantitative estimate of drug-likeness (QED) is 0.337. The molecular formula is C18H36. The number of hydrogen-bond acceptors (Lipinski definition) is 0. The summed E-state index contributed by atoms with van der Waals surface area (Å²) in [6.07, 6.45) is 17.8. The molecule has 0 spiro atoms. The third-order valence-electron chi connectivity index (χ3n) is 5.24. The lowest BCUT2D eigenvalue weighted by atomic mass is 9.81. The Balaban J connectivity index is 2.22. The Labute approximate surface area is 116 Å². The maximum Gasteiger partial charge on any atom is -0.0386 e. The zero-order valence-corrected chi connectivity index (χ0v) is 13.2. The summed E-state index contributed by atoms with van der Waals surface area (Å²) in [7, 11) is 0. The van der Waals surface area contributed by atoms with Gasteiger partial charge in [-0.05, 0) is 24.2 Å². The van der Waals surface area contributed by atoms with Crippen LogP contribution in [0, 0.1) is 17.8 Å². The van der Waals surface area contributed by atoms with E-state index < -0.39 is 0 Å². The van der Waals surface area contributed by atoms with Gasteiger partial charge in [0.15, 0.2) is 0 Å². The number of hydrogen-bond donors (Lipinski definition) is 0. The maximum atomic E-state index is 2.48. The SMILES string of the molecule is CCCCCCCC1CCCCC(C(C)CC)C1. The lowest BCUT2D eigenvalue weighted by Gasteiger charge is -2.24. The van der Waals surface area contributed by atoms with Gasteiger partial charge in [0.25, 0.3) is 0 Å². The summed E-state index contributed by atoms with van der Waals surface area (Å²) in [4.78, 5) is 0. The average molecular weight is 252 g/mol. The van der Waals surface area contributed by atoms with Crippen molar-refractivity contribution in [1.82, 2.24) is 0 Å². The lowest BCUT2D eigenvalue weighted by molar-refractivity contribution is 0.265. The summed E-state index contributed by atoms with van der Waals surface area (Å²) in [5, 5.41) is 0. The average Bonchev–Trinajstić information content (AvgIpc) is 2.63. The number of rotatable bonds is 8. The highest BCUT2D eigenvalue weighted by atomic mass is 14.3. The smallest absolute Gasteiger partial charge is 0.0386 e. The molecule has 1 fully saturated rings. The molecule has 1 aliphatic rings. The van der Waals surface area contributed by atoms with Crippen molar-refractivity contribution in [2.75, 3.05) is 0 Å². The van der Waals surface area contributed by atoms with Crippen LogP contribution < -0.4 is 0 Å². The predicted molar refractivity (Wildman–Crippen MR) is 82.9 cm³/mol. The molecule has 0 bridgehead atoms. The van der Waals surface area contributed by atoms with E-state index in [4.69, 9.17) is 0 Å². The first-order chi connectivity index (χ1) is 8.77. The van der Waals surface area contributed by atoms with Gasteiger partial charge in [-0.25, -0.2) is 0 Å². The first kappa shape index (κ1) is 16.1. The van der Waals surface area contributed by atoms with Gasteiger partial charge in [0.2, 0.25) is 0 Å². The van der Waals surface area contributed by atoms with Gasteiger partial charge in [-0.3, -0.25) is 0 Å². The van der Waals surface area contributed by atoms with Crippen LogP contribution in [0.15, 0.2) is 0 Å². The van der Waals surface area contributed by atoms with Crippen molar-refractivity contribution in [3.05, 3.63) is 0 Å². The summed E-state index contributed by atoms with van der Waals surface area (Å²) >= 11 is 0. The first-order valence-electron chi connectivity index (χ1n) is 8.77. The zero-order valence-electron chi connectivity index (χ0n) is 13.2. The van der Waals surface area contributed by atoms with E-state index in [1.165, 1.54) is 70.6 Å². The molecule has 0 aromatic carbocycles. The van der Waals surface area contributed by atoms with Crippen LogP contribution in [0.3, 0.4) is 0 Å². The summed E-state index contributed by atoms with van der Waals surface area (Å²) < 4.78 is 0. The van der Waals surface area contributed by atoms with Crippen molar-refractivity contribution in [3.8, 4) is 0 Å². The summed E-state index contributed by atoms with van der Waals surface area (Å²) in [5.74, 6) is 3.07. The van der Waals surface area contributed by atoms with Crippen LogP contribution in [0.5, 0.6) is 0 Å². The minimum atomic E-state index is 0.964. The van der Waals surface area contributed by atoms with Crippen LogP contribution in [0.2, 0.25) is 0 Å². The van der Waals surface area contributed by atoms with Gasteiger partial charge >= 0.3 is 0 Å². The van der Waals surface area contributed by atoms with Crippen LogP contribution in [-0.2, 0) is 0 Å². The fraction of sp³-hybridized carbons (Fsp3) is 1.00. The van der Waals surface area contributed by atoms with E-state index in [9.17, 15) is 0 Å². The van der Waals surface area contributed by atoms with E-state index in [0.717, 1.165) is 17.8 Å². The molecule has 0 amide bonds. The second-order valence-electron chi connectivity index (χ2n) is 6.73. The molecule has 18 heavy (non-hydrogen) atoms. The second kappa shape index (κ2) is 9.87. The Hall–Kier alpha value is 0. The number of unbranched alkanes of at least 4 members (excludes halogenated alkanes) is 4. The summed E-state index contributed by atoms with van der Waals surface area (Å²) in [5.41, 5.74) is 0. The Kier molecular flexibility index (Phi) is 8.80. The molecule has 0 N–H and O–H groups in total. The topological polar surface area (TPSA) is 0 Å². The molecule has 3 unspecified atom stereocenters. The van der Waals surface area contributed by atoms with E-state index in [-0.39, 0.29) is 0 Å². The van der Waals surface area contributed by atoms with Crippen molar-refractivity contribution in [1.29, 1.82) is 0 Å². The van der Waals surface area contributed by atoms with Gasteiger partial charge in [-0.1, -0.05) is 91.4 Å². The molecular weight excluding hydrogens is 216 g/mol. The zero-order chi connectivity index (χ0) is 13.2. The highest BCUT2D eigenvalue weighted by Gasteiger charge is 2.23. The highest BCUT2D eigenvalue weighted by molar-refractivity contribution is 4.74. The monoisotopic (exact) mass is 252 g/mol. The molecule has 1 saturated carbocycles. The largest absolute Gasteiger partial charge is 0.0654 e. The molecule has 108 valence electrons. The van der Waals surface area contributed by atoms with Gasteiger partial charge < -0.3 is 0 Å². The van der Waals surface area contributed by atoms with Gasteiger partial charge in [-0.2, -0.15) is 0 Å². The molecule has 3 atom stereocenters. The fourth-order valence-electron chi connectivity index (χ4n) is 3.65. The van der Waals surface area contributed by atoms with Crippen LogP contribution in [-0.4, -0.2) is 0 Å². The molecule has 0 aromatic heterocycles. The van der Waals surface area contributed by atoms with Crippen molar-refractivity contribution in [3.63, 3.8) is 0 Å². The Bertz CT molecular complexity index is 184. The molecule has 0 heteroatoms. The second-order valence-corrected chi connectivity index (χ2v) is 6.73. The van der Waals surface area contributed by atoms with E-state index in [1.54, 1.807) is 6.42 Å². The van der Waals surface area contributed by atoms with E-state index in [0.29, 0.717) is 0 Å². The molecule has 0 radical (unpaired) electrons. The van der Waals surface area contributed by atoms with Gasteiger partial charge in [0.1, 0.15) is 0 Å². The van der Waals surface area contributed by atoms with E-state index in [2.05, 4.69) is 20.8 Å². The molecule has 0 aliphatic heterocycles. The summed E-state index contributed by atoms with van der Waals surface area (Å²) in [6, 6.07) is 0. The molecule has 1 rings (SSSR count). The van der Waals surface area contributed by atoms with Crippen LogP contribution in [0.4, 0.5) is 0 Å². The normalized spacial score (nSPS) is 26.8. The van der Waals surface area contributed by atoms with Crippen molar-refractivity contribution in [2.24, 2.45) is 17.8 Å². The minimum absolute atomic E-state index is 0.964. The maximum absolute atomic E-state index is 2.48. The molecule has 0 heterocycles. The van der Waals surface area contributed by atoms with E-state index in [1.807, 2.05) is 0 Å². The molecule has 1 aliphatic carbocycles. The van der Waals surface area contributed by atoms with Crippen LogP contribution in [0.1, 0.15) is 97.8 Å². The Morgan fingerprint density at radius 2 is 1.67 bits per heavy atom. The van der Waals surface area contributed by atoms with Gasteiger partial charge in [0.05, 0.1) is 0 Å². The molecule has 0 saturated heterocycles. The standard InChI is InChI=1S/C18H36/c1-4-6-7-8-9-12-17-13-10-11-14-18(15-17)16(3)5-2/h16-18H,4-15H2,1-3H3. The van der Waals surface area contributed by atoms with Crippen LogP contribution >= 0.6 is 0 Å². The van der Waals surface area contributed by atoms with Crippen LogP contribution in [0.25, 0.3) is 0 Å². The third kappa shape index (κ3) is 6.25. The van der Waals surface area contributed by atoms with Crippen molar-refractivity contribution in [2.45, 2.75) is 97.8 Å². The Morgan fingerprint density at radius 3 is 2.39 bits per heavy atom. The van der Waals surface area contributed by atoms with Gasteiger partial charge in [-0.15, -0.1) is 0 Å². The summed E-state index contributed by atoms with van der Waals surface area (Å²) in [6.45, 7) is 7.16. The fourth-order valence-corrected chi connectivity index (χ4v) is 3.65. The third-order valence-corrected chi connectivity index (χ3v) is 5.24. The minimum Gasteiger partial charge on any atom is -0.0654 e. The van der Waals surface area contributed by atoms with Crippen molar-refractivity contribution >= 4 is 0 Å². The van der Waals surface area contributed by atoms with Gasteiger partial charge in [0, 0.05) is 0 Å². The molecule has 0 nitrogen and oxygen atoms in total. The first-order valence-corrected chi connectivity index (χ1v) is 8.77. The lowest BCUT2D eigenvalue weighted by Crippen LogP contribution is -2.14.